The Kier molecular flexibility index (Phi) is 4.54. The molecular formula is C7H15N3. The van der Waals surface area contributed by atoms with Gasteiger partial charge in [0.2, 0.25) is 0 Å². The first kappa shape index (κ1) is 9.14. The molecule has 0 aliphatic carbocycles. The lowest BCUT2D eigenvalue weighted by Gasteiger charge is -1.98. The summed E-state index contributed by atoms with van der Waals surface area (Å²) in [5.74, 6) is 0.472. The van der Waals surface area contributed by atoms with Crippen LogP contribution in [0, 0.1) is 5.92 Å². The summed E-state index contributed by atoms with van der Waals surface area (Å²) in [4.78, 5) is 1.84. The van der Waals surface area contributed by atoms with E-state index in [4.69, 9.17) is 0 Å². The van der Waals surface area contributed by atoms with E-state index in [1.165, 1.54) is 0 Å². The predicted molar refractivity (Wildman–Crippen MR) is 45.5 cm³/mol. The Bertz CT molecular complexity index is 109. The first-order chi connectivity index (χ1) is 4.63. The first-order valence-corrected chi connectivity index (χ1v) is 3.36. The molecule has 0 amide bonds. The summed E-state index contributed by atoms with van der Waals surface area (Å²) in [6.45, 7) is 4.13. The fourth-order valence-electron chi connectivity index (χ4n) is 0.305. The predicted octanol–water partition coefficient (Wildman–Crippen LogP) is 1.22. The topological polar surface area (TPSA) is 28.0 Å². The van der Waals surface area contributed by atoms with Gasteiger partial charge in [0.25, 0.3) is 0 Å². The van der Waals surface area contributed by atoms with Crippen LogP contribution in [0.3, 0.4) is 0 Å². The van der Waals surface area contributed by atoms with Crippen LogP contribution in [0.4, 0.5) is 0 Å². The molecule has 0 bridgehead atoms. The van der Waals surface area contributed by atoms with Crippen molar-refractivity contribution >= 4 is 12.6 Å². The molecule has 0 radical (unpaired) electrons. The SMILES string of the molecule is CC(C)/C=N/N=C/N(C)C. The molecule has 0 saturated heterocycles. The lowest BCUT2D eigenvalue weighted by atomic mass is 10.3. The van der Waals surface area contributed by atoms with Gasteiger partial charge in [-0.2, -0.15) is 5.10 Å². The van der Waals surface area contributed by atoms with E-state index in [-0.39, 0.29) is 0 Å². The van der Waals surface area contributed by atoms with Gasteiger partial charge in [0.05, 0.1) is 0 Å². The van der Waals surface area contributed by atoms with Crippen LogP contribution in [0.25, 0.3) is 0 Å². The van der Waals surface area contributed by atoms with Crippen molar-refractivity contribution in [3.05, 3.63) is 0 Å². The van der Waals surface area contributed by atoms with Crippen LogP contribution in [0.2, 0.25) is 0 Å². The Balaban J connectivity index is 3.52. The van der Waals surface area contributed by atoms with Gasteiger partial charge < -0.3 is 4.90 Å². The van der Waals surface area contributed by atoms with Crippen LogP contribution < -0.4 is 0 Å². The number of nitrogens with zero attached hydrogens (tertiary/aromatic N) is 3. The van der Waals surface area contributed by atoms with E-state index < -0.39 is 0 Å². The number of hydrogen-bond donors (Lipinski definition) is 0. The van der Waals surface area contributed by atoms with Crippen molar-refractivity contribution in [2.45, 2.75) is 13.8 Å². The van der Waals surface area contributed by atoms with Crippen molar-refractivity contribution in [3.63, 3.8) is 0 Å². The van der Waals surface area contributed by atoms with Gasteiger partial charge in [-0.05, 0) is 5.92 Å². The van der Waals surface area contributed by atoms with Gasteiger partial charge in [-0.25, -0.2) is 0 Å². The molecule has 0 aromatic rings. The zero-order valence-corrected chi connectivity index (χ0v) is 7.07. The molecule has 0 aliphatic rings. The molecular weight excluding hydrogens is 126 g/mol. The molecule has 58 valence electrons. The van der Waals surface area contributed by atoms with Crippen LogP contribution >= 0.6 is 0 Å². The monoisotopic (exact) mass is 141 g/mol. The Morgan fingerprint density at radius 1 is 1.20 bits per heavy atom. The average Bonchev–Trinajstić information content (AvgIpc) is 1.79. The molecule has 3 heteroatoms. The summed E-state index contributed by atoms with van der Waals surface area (Å²) in [7, 11) is 3.82. The average molecular weight is 141 g/mol. The second kappa shape index (κ2) is 4.97. The summed E-state index contributed by atoms with van der Waals surface area (Å²) in [6, 6.07) is 0. The number of rotatable bonds is 3. The van der Waals surface area contributed by atoms with Crippen molar-refractivity contribution in [3.8, 4) is 0 Å². The molecule has 0 spiro atoms. The summed E-state index contributed by atoms with van der Waals surface area (Å²) >= 11 is 0. The minimum atomic E-state index is 0.472. The van der Waals surface area contributed by atoms with Gasteiger partial charge in [-0.15, -0.1) is 5.10 Å². The van der Waals surface area contributed by atoms with Crippen LogP contribution in [-0.4, -0.2) is 31.5 Å². The van der Waals surface area contributed by atoms with E-state index in [9.17, 15) is 0 Å². The van der Waals surface area contributed by atoms with Crippen molar-refractivity contribution < 1.29 is 0 Å². The highest BCUT2D eigenvalue weighted by Gasteiger charge is 1.81. The van der Waals surface area contributed by atoms with Crippen molar-refractivity contribution in [1.82, 2.24) is 4.90 Å². The maximum atomic E-state index is 3.81. The quantitative estimate of drug-likeness (QED) is 0.330. The van der Waals surface area contributed by atoms with E-state index in [0.29, 0.717) is 5.92 Å². The fourth-order valence-corrected chi connectivity index (χ4v) is 0.305. The molecule has 0 atom stereocenters. The highest BCUT2D eigenvalue weighted by molar-refractivity contribution is 5.61. The fraction of sp³-hybridized carbons (Fsp3) is 0.714. The highest BCUT2D eigenvalue weighted by Crippen LogP contribution is 1.84. The third kappa shape index (κ3) is 7.14. The third-order valence-corrected chi connectivity index (χ3v) is 0.714. The van der Waals surface area contributed by atoms with Crippen LogP contribution in [-0.2, 0) is 0 Å². The van der Waals surface area contributed by atoms with Crippen molar-refractivity contribution in [2.75, 3.05) is 14.1 Å². The molecule has 3 nitrogen and oxygen atoms in total. The van der Waals surface area contributed by atoms with E-state index in [1.54, 1.807) is 12.6 Å². The summed E-state index contributed by atoms with van der Waals surface area (Å²) in [6.07, 6.45) is 3.47. The van der Waals surface area contributed by atoms with Gasteiger partial charge in [0, 0.05) is 20.3 Å². The summed E-state index contributed by atoms with van der Waals surface area (Å²) in [5.41, 5.74) is 0. The standard InChI is InChI=1S/C7H15N3/c1-7(2)5-8-9-6-10(3)4/h5-7H,1-4H3/b8-5+,9-6+. The van der Waals surface area contributed by atoms with Crippen LogP contribution in [0.15, 0.2) is 10.2 Å². The van der Waals surface area contributed by atoms with Crippen molar-refractivity contribution in [2.24, 2.45) is 16.1 Å². The maximum absolute atomic E-state index is 3.81. The van der Waals surface area contributed by atoms with Gasteiger partial charge >= 0.3 is 0 Å². The van der Waals surface area contributed by atoms with Gasteiger partial charge in [0.1, 0.15) is 6.34 Å². The van der Waals surface area contributed by atoms with Gasteiger partial charge in [0.15, 0.2) is 0 Å². The maximum Gasteiger partial charge on any atom is 0.113 e. The normalized spacial score (nSPS) is 12.1. The lowest BCUT2D eigenvalue weighted by Crippen LogP contribution is -2.06. The smallest absolute Gasteiger partial charge is 0.113 e. The second-order valence-corrected chi connectivity index (χ2v) is 2.70. The first-order valence-electron chi connectivity index (χ1n) is 3.36. The van der Waals surface area contributed by atoms with Gasteiger partial charge in [-0.3, -0.25) is 0 Å². The zero-order valence-electron chi connectivity index (χ0n) is 7.07. The minimum Gasteiger partial charge on any atom is -0.367 e. The Morgan fingerprint density at radius 3 is 2.20 bits per heavy atom. The molecule has 0 aromatic heterocycles. The van der Waals surface area contributed by atoms with Crippen LogP contribution in [0.1, 0.15) is 13.8 Å². The third-order valence-electron chi connectivity index (χ3n) is 0.714. The molecule has 0 heterocycles. The minimum absolute atomic E-state index is 0.472. The molecule has 0 saturated carbocycles. The second-order valence-electron chi connectivity index (χ2n) is 2.70. The molecule has 10 heavy (non-hydrogen) atoms. The Hall–Kier alpha value is -0.860. The summed E-state index contributed by atoms with van der Waals surface area (Å²) in [5, 5.41) is 7.60. The Morgan fingerprint density at radius 2 is 1.80 bits per heavy atom. The molecule has 0 N–H and O–H groups in total. The number of hydrogen-bond acceptors (Lipinski definition) is 2. The molecule has 0 aliphatic heterocycles. The lowest BCUT2D eigenvalue weighted by molar-refractivity contribution is 0.640. The van der Waals surface area contributed by atoms with E-state index >= 15 is 0 Å². The van der Waals surface area contributed by atoms with Gasteiger partial charge in [-0.1, -0.05) is 13.8 Å². The molecule has 0 aromatic carbocycles. The molecule has 0 rings (SSSR count). The van der Waals surface area contributed by atoms with Crippen LogP contribution in [0.5, 0.6) is 0 Å². The highest BCUT2D eigenvalue weighted by atomic mass is 15.3. The Labute approximate surface area is 62.4 Å². The molecule has 0 unspecified atom stereocenters. The van der Waals surface area contributed by atoms with Crippen molar-refractivity contribution in [1.29, 1.82) is 0 Å². The van der Waals surface area contributed by atoms with E-state index in [2.05, 4.69) is 24.1 Å². The largest absolute Gasteiger partial charge is 0.367 e. The van der Waals surface area contributed by atoms with E-state index in [1.807, 2.05) is 19.0 Å². The zero-order chi connectivity index (χ0) is 7.98. The van der Waals surface area contributed by atoms with E-state index in [0.717, 1.165) is 0 Å². The molecule has 0 fully saturated rings. The summed E-state index contributed by atoms with van der Waals surface area (Å²) < 4.78 is 0.